The van der Waals surface area contributed by atoms with Crippen LogP contribution in [-0.4, -0.2) is 18.6 Å². The molecule has 1 aliphatic heterocycles. The summed E-state index contributed by atoms with van der Waals surface area (Å²) in [4.78, 5) is 2.64. The lowest BCUT2D eigenvalue weighted by Crippen LogP contribution is -2.53. The van der Waals surface area contributed by atoms with E-state index in [2.05, 4.69) is 36.9 Å². The first-order valence-electron chi connectivity index (χ1n) is 8.80. The van der Waals surface area contributed by atoms with E-state index in [9.17, 15) is 0 Å². The van der Waals surface area contributed by atoms with Crippen molar-refractivity contribution in [3.8, 4) is 0 Å². The van der Waals surface area contributed by atoms with Gasteiger partial charge in [0.25, 0.3) is 0 Å². The highest BCUT2D eigenvalue weighted by Crippen LogP contribution is 2.36. The van der Waals surface area contributed by atoms with Crippen LogP contribution in [0.15, 0.2) is 18.2 Å². The number of nitrogens with two attached hydrogens (primary N) is 1. The predicted molar refractivity (Wildman–Crippen MR) is 90.9 cm³/mol. The third kappa shape index (κ3) is 3.11. The summed E-state index contributed by atoms with van der Waals surface area (Å²) < 4.78 is 0. The average molecular weight is 286 g/mol. The molecule has 0 bridgehead atoms. The molecule has 3 atom stereocenters. The van der Waals surface area contributed by atoms with Crippen molar-refractivity contribution < 1.29 is 0 Å². The van der Waals surface area contributed by atoms with Crippen molar-refractivity contribution in [2.24, 2.45) is 11.7 Å². The number of benzene rings is 1. The molecule has 1 aliphatic carbocycles. The summed E-state index contributed by atoms with van der Waals surface area (Å²) in [6.45, 7) is 5.69. The van der Waals surface area contributed by atoms with Crippen LogP contribution >= 0.6 is 0 Å². The van der Waals surface area contributed by atoms with Gasteiger partial charge in [0.15, 0.2) is 0 Å². The Morgan fingerprint density at radius 2 is 2.14 bits per heavy atom. The Labute approximate surface area is 129 Å². The zero-order chi connectivity index (χ0) is 14.8. The van der Waals surface area contributed by atoms with Crippen LogP contribution in [0.3, 0.4) is 0 Å². The van der Waals surface area contributed by atoms with Gasteiger partial charge in [-0.15, -0.1) is 0 Å². The van der Waals surface area contributed by atoms with Crippen molar-refractivity contribution in [3.63, 3.8) is 0 Å². The second kappa shape index (κ2) is 6.39. The van der Waals surface area contributed by atoms with Gasteiger partial charge in [-0.3, -0.25) is 0 Å². The molecule has 0 aromatic heterocycles. The Kier molecular flexibility index (Phi) is 4.54. The first kappa shape index (κ1) is 14.9. The molecule has 1 fully saturated rings. The van der Waals surface area contributed by atoms with Gasteiger partial charge in [-0.2, -0.15) is 0 Å². The van der Waals surface area contributed by atoms with Crippen molar-refractivity contribution in [1.82, 2.24) is 0 Å². The van der Waals surface area contributed by atoms with Crippen molar-refractivity contribution >= 4 is 5.69 Å². The average Bonchev–Trinajstić information content (AvgIpc) is 2.48. The number of rotatable bonds is 3. The van der Waals surface area contributed by atoms with E-state index in [1.807, 2.05) is 0 Å². The van der Waals surface area contributed by atoms with Crippen LogP contribution in [0.4, 0.5) is 5.69 Å². The SMILES string of the molecule is CCCC1CCC(N)C(N2CCCc3cc(C)ccc32)C1. The zero-order valence-corrected chi connectivity index (χ0v) is 13.6. The molecule has 2 heteroatoms. The molecule has 0 spiro atoms. The Morgan fingerprint density at radius 1 is 1.29 bits per heavy atom. The molecule has 1 heterocycles. The number of hydrogen-bond donors (Lipinski definition) is 1. The van der Waals surface area contributed by atoms with Crippen molar-refractivity contribution in [2.45, 2.75) is 70.9 Å². The Morgan fingerprint density at radius 3 is 2.95 bits per heavy atom. The van der Waals surface area contributed by atoms with E-state index < -0.39 is 0 Å². The minimum atomic E-state index is 0.352. The molecule has 0 amide bonds. The van der Waals surface area contributed by atoms with Crippen molar-refractivity contribution in [3.05, 3.63) is 29.3 Å². The molecule has 1 aromatic rings. The minimum Gasteiger partial charge on any atom is -0.367 e. The predicted octanol–water partition coefficient (Wildman–Crippen LogP) is 4.04. The van der Waals surface area contributed by atoms with Crippen LogP contribution in [0.25, 0.3) is 0 Å². The Balaban J connectivity index is 1.83. The largest absolute Gasteiger partial charge is 0.367 e. The highest BCUT2D eigenvalue weighted by atomic mass is 15.2. The molecule has 21 heavy (non-hydrogen) atoms. The molecule has 116 valence electrons. The lowest BCUT2D eigenvalue weighted by molar-refractivity contribution is 0.263. The van der Waals surface area contributed by atoms with Crippen LogP contribution in [0.1, 0.15) is 56.6 Å². The van der Waals surface area contributed by atoms with Crippen LogP contribution in [0.2, 0.25) is 0 Å². The number of hydrogen-bond acceptors (Lipinski definition) is 2. The lowest BCUT2D eigenvalue weighted by Gasteiger charge is -2.45. The van der Waals surface area contributed by atoms with E-state index in [4.69, 9.17) is 5.73 Å². The highest BCUT2D eigenvalue weighted by molar-refractivity contribution is 5.57. The normalized spacial score (nSPS) is 29.3. The topological polar surface area (TPSA) is 29.3 Å². The summed E-state index contributed by atoms with van der Waals surface area (Å²) in [5.74, 6) is 0.885. The molecule has 1 aromatic carbocycles. The van der Waals surface area contributed by atoms with Gasteiger partial charge >= 0.3 is 0 Å². The molecule has 1 saturated carbocycles. The molecule has 3 unspecified atom stereocenters. The van der Waals surface area contributed by atoms with Gasteiger partial charge in [-0.25, -0.2) is 0 Å². The fraction of sp³-hybridized carbons (Fsp3) is 0.684. The molecule has 2 aliphatic rings. The number of fused-ring (bicyclic) bond motifs is 1. The summed E-state index contributed by atoms with van der Waals surface area (Å²) in [7, 11) is 0. The lowest BCUT2D eigenvalue weighted by atomic mass is 9.79. The second-order valence-corrected chi connectivity index (χ2v) is 7.13. The smallest absolute Gasteiger partial charge is 0.0443 e. The molecule has 2 nitrogen and oxygen atoms in total. The third-order valence-corrected chi connectivity index (χ3v) is 5.46. The fourth-order valence-corrected chi connectivity index (χ4v) is 4.38. The van der Waals surface area contributed by atoms with Crippen LogP contribution in [-0.2, 0) is 6.42 Å². The highest BCUT2D eigenvalue weighted by Gasteiger charge is 2.33. The number of anilines is 1. The third-order valence-electron chi connectivity index (χ3n) is 5.46. The van der Waals surface area contributed by atoms with Crippen LogP contribution in [0, 0.1) is 12.8 Å². The maximum absolute atomic E-state index is 6.51. The summed E-state index contributed by atoms with van der Waals surface area (Å²) in [5, 5.41) is 0. The number of nitrogens with zero attached hydrogens (tertiary/aromatic N) is 1. The van der Waals surface area contributed by atoms with Crippen molar-refractivity contribution in [2.75, 3.05) is 11.4 Å². The van der Waals surface area contributed by atoms with Crippen LogP contribution in [0.5, 0.6) is 0 Å². The van der Waals surface area contributed by atoms with E-state index >= 15 is 0 Å². The first-order valence-corrected chi connectivity index (χ1v) is 8.80. The van der Waals surface area contributed by atoms with Gasteiger partial charge in [-0.1, -0.05) is 37.5 Å². The Hall–Kier alpha value is -1.02. The summed E-state index contributed by atoms with van der Waals surface area (Å²) in [6.07, 6.45) is 9.02. The van der Waals surface area contributed by atoms with E-state index in [0.29, 0.717) is 12.1 Å². The van der Waals surface area contributed by atoms with Gasteiger partial charge < -0.3 is 10.6 Å². The molecule has 3 rings (SSSR count). The monoisotopic (exact) mass is 286 g/mol. The fourth-order valence-electron chi connectivity index (χ4n) is 4.38. The summed E-state index contributed by atoms with van der Waals surface area (Å²) in [6, 6.07) is 7.87. The minimum absolute atomic E-state index is 0.352. The van der Waals surface area contributed by atoms with E-state index in [-0.39, 0.29) is 0 Å². The quantitative estimate of drug-likeness (QED) is 0.908. The van der Waals surface area contributed by atoms with E-state index in [1.165, 1.54) is 68.3 Å². The van der Waals surface area contributed by atoms with Gasteiger partial charge in [0.1, 0.15) is 0 Å². The molecular weight excluding hydrogens is 256 g/mol. The van der Waals surface area contributed by atoms with E-state index in [1.54, 1.807) is 0 Å². The van der Waals surface area contributed by atoms with Gasteiger partial charge in [0.05, 0.1) is 0 Å². The van der Waals surface area contributed by atoms with Gasteiger partial charge in [-0.05, 0) is 56.6 Å². The molecular formula is C19H30N2. The molecule has 0 radical (unpaired) electrons. The first-order chi connectivity index (χ1) is 10.2. The van der Waals surface area contributed by atoms with Gasteiger partial charge in [0, 0.05) is 24.3 Å². The molecule has 0 saturated heterocycles. The Bertz CT molecular complexity index is 482. The van der Waals surface area contributed by atoms with Crippen LogP contribution < -0.4 is 10.6 Å². The standard InChI is InChI=1S/C19H30N2/c1-3-5-15-8-9-17(20)19(13-15)21-11-4-6-16-12-14(2)7-10-18(16)21/h7,10,12,15,17,19H,3-6,8-9,11,13,20H2,1-2H3. The summed E-state index contributed by atoms with van der Waals surface area (Å²) >= 11 is 0. The summed E-state index contributed by atoms with van der Waals surface area (Å²) in [5.41, 5.74) is 10.9. The van der Waals surface area contributed by atoms with Crippen molar-refractivity contribution in [1.29, 1.82) is 0 Å². The molecule has 2 N–H and O–H groups in total. The zero-order valence-electron chi connectivity index (χ0n) is 13.6. The second-order valence-electron chi connectivity index (χ2n) is 7.13. The maximum Gasteiger partial charge on any atom is 0.0443 e. The maximum atomic E-state index is 6.51. The van der Waals surface area contributed by atoms with E-state index in [0.717, 1.165) is 5.92 Å². The number of aryl methyl sites for hydroxylation is 2. The van der Waals surface area contributed by atoms with Gasteiger partial charge in [0.2, 0.25) is 0 Å².